The molecule has 1 atom stereocenters. The van der Waals surface area contributed by atoms with Gasteiger partial charge in [0.1, 0.15) is 6.61 Å². The molecule has 0 saturated heterocycles. The lowest BCUT2D eigenvalue weighted by molar-refractivity contribution is -0.125. The lowest BCUT2D eigenvalue weighted by Crippen LogP contribution is -2.40. The Hall–Kier alpha value is -2.20. The zero-order chi connectivity index (χ0) is 13.9. The van der Waals surface area contributed by atoms with E-state index in [1.807, 2.05) is 18.2 Å². The van der Waals surface area contributed by atoms with E-state index < -0.39 is 6.10 Å². The van der Waals surface area contributed by atoms with E-state index in [1.165, 1.54) is 0 Å². The number of nitrogens with one attached hydrogen (secondary N) is 1. The molecular weight excluding hydrogens is 278 g/mol. The summed E-state index contributed by atoms with van der Waals surface area (Å²) in [7, 11) is 0. The minimum absolute atomic E-state index is 0.191. The normalized spacial score (nSPS) is 16.6. The lowest BCUT2D eigenvalue weighted by atomic mass is 10.2. The van der Waals surface area contributed by atoms with E-state index >= 15 is 0 Å². The van der Waals surface area contributed by atoms with E-state index in [2.05, 4.69) is 5.32 Å². The Labute approximate surface area is 121 Å². The predicted molar refractivity (Wildman–Crippen MR) is 76.4 cm³/mol. The summed E-state index contributed by atoms with van der Waals surface area (Å²) in [4.78, 5) is 12.1. The van der Waals surface area contributed by atoms with Crippen LogP contribution in [0.4, 0.5) is 5.69 Å². The van der Waals surface area contributed by atoms with Crippen LogP contribution in [0.5, 0.6) is 11.5 Å². The highest BCUT2D eigenvalue weighted by atomic mass is 35.5. The zero-order valence-corrected chi connectivity index (χ0v) is 11.3. The van der Waals surface area contributed by atoms with Crippen LogP contribution in [0.1, 0.15) is 0 Å². The van der Waals surface area contributed by atoms with Crippen molar-refractivity contribution in [1.82, 2.24) is 0 Å². The van der Waals surface area contributed by atoms with E-state index in [4.69, 9.17) is 21.1 Å². The van der Waals surface area contributed by atoms with Crippen LogP contribution in [0, 0.1) is 0 Å². The molecule has 2 aromatic carbocycles. The topological polar surface area (TPSA) is 47.6 Å². The van der Waals surface area contributed by atoms with Crippen LogP contribution in [-0.2, 0) is 4.79 Å². The number of para-hydroxylation sites is 2. The molecule has 0 spiro atoms. The Balaban J connectivity index is 1.68. The third kappa shape index (κ3) is 2.70. The molecular formula is C15H12ClNO3. The first kappa shape index (κ1) is 12.8. The van der Waals surface area contributed by atoms with Gasteiger partial charge in [0.2, 0.25) is 6.10 Å². The van der Waals surface area contributed by atoms with Crippen molar-refractivity contribution in [1.29, 1.82) is 0 Å². The first-order valence-corrected chi connectivity index (χ1v) is 6.55. The molecule has 0 fully saturated rings. The zero-order valence-electron chi connectivity index (χ0n) is 10.5. The van der Waals surface area contributed by atoms with Gasteiger partial charge in [0.15, 0.2) is 11.5 Å². The summed E-state index contributed by atoms with van der Waals surface area (Å²) in [5.74, 6) is 0.986. The summed E-state index contributed by atoms with van der Waals surface area (Å²) >= 11 is 5.80. The van der Waals surface area contributed by atoms with Gasteiger partial charge in [0.25, 0.3) is 5.91 Å². The maximum absolute atomic E-state index is 12.1. The van der Waals surface area contributed by atoms with E-state index in [0.29, 0.717) is 22.2 Å². The van der Waals surface area contributed by atoms with Crippen molar-refractivity contribution in [2.75, 3.05) is 11.9 Å². The van der Waals surface area contributed by atoms with Gasteiger partial charge in [-0.25, -0.2) is 0 Å². The molecule has 1 N–H and O–H groups in total. The molecule has 1 heterocycles. The number of hydrogen-bond donors (Lipinski definition) is 1. The summed E-state index contributed by atoms with van der Waals surface area (Å²) in [6, 6.07) is 14.2. The van der Waals surface area contributed by atoms with Crippen LogP contribution in [0.3, 0.4) is 0 Å². The molecule has 102 valence electrons. The summed E-state index contributed by atoms with van der Waals surface area (Å²) < 4.78 is 11.1. The Bertz CT molecular complexity index is 627. The molecule has 1 aliphatic rings. The maximum atomic E-state index is 12.1. The van der Waals surface area contributed by atoms with Gasteiger partial charge in [-0.05, 0) is 36.4 Å². The van der Waals surface area contributed by atoms with E-state index in [9.17, 15) is 4.79 Å². The molecule has 0 bridgehead atoms. The van der Waals surface area contributed by atoms with Gasteiger partial charge in [-0.2, -0.15) is 0 Å². The molecule has 0 radical (unpaired) electrons. The Morgan fingerprint density at radius 1 is 1.10 bits per heavy atom. The number of ether oxygens (including phenoxy) is 2. The van der Waals surface area contributed by atoms with Crippen molar-refractivity contribution in [3.8, 4) is 11.5 Å². The number of amides is 1. The average Bonchev–Trinajstić information content (AvgIpc) is 2.49. The average molecular weight is 290 g/mol. The van der Waals surface area contributed by atoms with E-state index in [-0.39, 0.29) is 12.5 Å². The highest BCUT2D eigenvalue weighted by Gasteiger charge is 2.27. The molecule has 20 heavy (non-hydrogen) atoms. The lowest BCUT2D eigenvalue weighted by Gasteiger charge is -2.25. The second-order valence-electron chi connectivity index (χ2n) is 4.36. The number of carbonyl (C=O) groups excluding carboxylic acids is 1. The van der Waals surface area contributed by atoms with Gasteiger partial charge in [-0.3, -0.25) is 4.79 Å². The Morgan fingerprint density at radius 3 is 2.55 bits per heavy atom. The molecule has 0 unspecified atom stereocenters. The minimum atomic E-state index is -0.666. The van der Waals surface area contributed by atoms with Gasteiger partial charge in [0, 0.05) is 10.7 Å². The van der Waals surface area contributed by atoms with Gasteiger partial charge in [-0.1, -0.05) is 23.7 Å². The van der Waals surface area contributed by atoms with Gasteiger partial charge >= 0.3 is 0 Å². The highest BCUT2D eigenvalue weighted by molar-refractivity contribution is 6.30. The Morgan fingerprint density at radius 2 is 1.80 bits per heavy atom. The predicted octanol–water partition coefficient (Wildman–Crippen LogP) is 3.12. The quantitative estimate of drug-likeness (QED) is 0.924. The van der Waals surface area contributed by atoms with Crippen LogP contribution >= 0.6 is 11.6 Å². The fraction of sp³-hybridized carbons (Fsp3) is 0.133. The molecule has 3 rings (SSSR count). The van der Waals surface area contributed by atoms with Crippen molar-refractivity contribution in [2.45, 2.75) is 6.10 Å². The van der Waals surface area contributed by atoms with Crippen molar-refractivity contribution >= 4 is 23.2 Å². The van der Waals surface area contributed by atoms with Gasteiger partial charge < -0.3 is 14.8 Å². The van der Waals surface area contributed by atoms with Gasteiger partial charge in [-0.15, -0.1) is 0 Å². The number of benzene rings is 2. The number of hydrogen-bond acceptors (Lipinski definition) is 3. The van der Waals surface area contributed by atoms with Crippen molar-refractivity contribution < 1.29 is 14.3 Å². The Kier molecular flexibility index (Phi) is 3.48. The second-order valence-corrected chi connectivity index (χ2v) is 4.80. The maximum Gasteiger partial charge on any atom is 0.269 e. The number of carbonyl (C=O) groups is 1. The number of anilines is 1. The fourth-order valence-corrected chi connectivity index (χ4v) is 2.03. The van der Waals surface area contributed by atoms with E-state index in [0.717, 1.165) is 0 Å². The number of fused-ring (bicyclic) bond motifs is 1. The molecule has 0 aromatic heterocycles. The van der Waals surface area contributed by atoms with Crippen LogP contribution in [0.15, 0.2) is 48.5 Å². The van der Waals surface area contributed by atoms with Crippen LogP contribution in [0.2, 0.25) is 5.02 Å². The molecule has 1 aliphatic heterocycles. The second kappa shape index (κ2) is 5.43. The molecule has 4 nitrogen and oxygen atoms in total. The van der Waals surface area contributed by atoms with Crippen LogP contribution in [0.25, 0.3) is 0 Å². The largest absolute Gasteiger partial charge is 0.485 e. The molecule has 5 heteroatoms. The van der Waals surface area contributed by atoms with Crippen LogP contribution < -0.4 is 14.8 Å². The van der Waals surface area contributed by atoms with Crippen molar-refractivity contribution in [2.24, 2.45) is 0 Å². The third-order valence-electron chi connectivity index (χ3n) is 2.91. The third-order valence-corrected chi connectivity index (χ3v) is 3.16. The van der Waals surface area contributed by atoms with E-state index in [1.54, 1.807) is 30.3 Å². The SMILES string of the molecule is O=C(Nc1ccc(Cl)cc1)[C@@H]1COc2ccccc2O1. The summed E-state index contributed by atoms with van der Waals surface area (Å²) in [5, 5.41) is 3.39. The number of rotatable bonds is 2. The standard InChI is InChI=1S/C15H12ClNO3/c16-10-5-7-11(8-6-10)17-15(18)14-9-19-12-3-1-2-4-13(12)20-14/h1-8,14H,9H2,(H,17,18)/t14-/m0/s1. The first-order chi connectivity index (χ1) is 9.72. The van der Waals surface area contributed by atoms with Crippen LogP contribution in [-0.4, -0.2) is 18.6 Å². The molecule has 0 aliphatic carbocycles. The molecule has 0 saturated carbocycles. The van der Waals surface area contributed by atoms with Crippen molar-refractivity contribution in [3.63, 3.8) is 0 Å². The first-order valence-electron chi connectivity index (χ1n) is 6.17. The summed E-state index contributed by atoms with van der Waals surface area (Å²) in [5.41, 5.74) is 0.668. The van der Waals surface area contributed by atoms with Gasteiger partial charge in [0.05, 0.1) is 0 Å². The fourth-order valence-electron chi connectivity index (χ4n) is 1.90. The number of halogens is 1. The summed E-state index contributed by atoms with van der Waals surface area (Å²) in [6.45, 7) is 0.191. The molecule has 1 amide bonds. The highest BCUT2D eigenvalue weighted by Crippen LogP contribution is 2.31. The smallest absolute Gasteiger partial charge is 0.269 e. The van der Waals surface area contributed by atoms with Crippen molar-refractivity contribution in [3.05, 3.63) is 53.6 Å². The summed E-state index contributed by atoms with van der Waals surface area (Å²) in [6.07, 6.45) is -0.666. The monoisotopic (exact) mass is 289 g/mol. The molecule has 2 aromatic rings. The minimum Gasteiger partial charge on any atom is -0.485 e.